The lowest BCUT2D eigenvalue weighted by atomic mass is 10.1. The summed E-state index contributed by atoms with van der Waals surface area (Å²) >= 11 is 2.10. The third-order valence-corrected chi connectivity index (χ3v) is 4.40. The molecule has 2 fully saturated rings. The molecule has 0 radical (unpaired) electrons. The average Bonchev–Trinajstić information content (AvgIpc) is 2.76. The number of nitrogens with zero attached hydrogens (tertiary/aromatic N) is 1. The molecule has 2 saturated heterocycles. The van der Waals surface area contributed by atoms with Gasteiger partial charge in [-0.3, -0.25) is 0 Å². The van der Waals surface area contributed by atoms with Gasteiger partial charge < -0.3 is 10.0 Å². The van der Waals surface area contributed by atoms with Crippen LogP contribution in [-0.2, 0) is 0 Å². The lowest BCUT2D eigenvalue weighted by Crippen LogP contribution is -2.27. The Morgan fingerprint density at radius 3 is 2.85 bits per heavy atom. The zero-order chi connectivity index (χ0) is 9.10. The molecule has 0 aromatic heterocycles. The third-order valence-electron chi connectivity index (χ3n) is 3.17. The van der Waals surface area contributed by atoms with E-state index in [0.717, 1.165) is 12.5 Å². The van der Waals surface area contributed by atoms with Crippen molar-refractivity contribution in [2.75, 3.05) is 37.7 Å². The van der Waals surface area contributed by atoms with Gasteiger partial charge in [0, 0.05) is 19.7 Å². The molecule has 0 aromatic rings. The van der Waals surface area contributed by atoms with E-state index in [0.29, 0.717) is 12.5 Å². The van der Waals surface area contributed by atoms with Crippen molar-refractivity contribution in [1.82, 2.24) is 4.90 Å². The Hall–Kier alpha value is 0.270. The molecule has 0 bridgehead atoms. The van der Waals surface area contributed by atoms with E-state index < -0.39 is 0 Å². The zero-order valence-corrected chi connectivity index (χ0v) is 8.93. The predicted molar refractivity (Wildman–Crippen MR) is 57.1 cm³/mol. The van der Waals surface area contributed by atoms with Crippen LogP contribution in [0.25, 0.3) is 0 Å². The quantitative estimate of drug-likeness (QED) is 0.738. The normalized spacial score (nSPS) is 35.8. The number of likely N-dealkylation sites (tertiary alicyclic amines) is 1. The monoisotopic (exact) mass is 201 g/mol. The van der Waals surface area contributed by atoms with E-state index in [1.807, 2.05) is 0 Å². The fraction of sp³-hybridized carbons (Fsp3) is 1.00. The van der Waals surface area contributed by atoms with Gasteiger partial charge in [0.1, 0.15) is 0 Å². The minimum Gasteiger partial charge on any atom is -0.396 e. The van der Waals surface area contributed by atoms with Crippen LogP contribution in [0.3, 0.4) is 0 Å². The highest BCUT2D eigenvalue weighted by molar-refractivity contribution is 7.99. The van der Waals surface area contributed by atoms with Crippen molar-refractivity contribution in [2.24, 2.45) is 11.8 Å². The second-order valence-corrected chi connectivity index (χ2v) is 5.48. The number of thioether (sulfide) groups is 1. The molecular formula is C10H19NOS. The van der Waals surface area contributed by atoms with Crippen molar-refractivity contribution in [3.63, 3.8) is 0 Å². The number of aliphatic hydroxyl groups is 1. The van der Waals surface area contributed by atoms with E-state index in [9.17, 15) is 0 Å². The van der Waals surface area contributed by atoms with Gasteiger partial charge in [-0.2, -0.15) is 11.8 Å². The predicted octanol–water partition coefficient (Wildman–Crippen LogP) is 1.05. The molecule has 0 aliphatic carbocycles. The van der Waals surface area contributed by atoms with Crippen LogP contribution in [0.5, 0.6) is 0 Å². The second kappa shape index (κ2) is 4.67. The Kier molecular flexibility index (Phi) is 3.52. The minimum atomic E-state index is 0.385. The van der Waals surface area contributed by atoms with Crippen molar-refractivity contribution in [1.29, 1.82) is 0 Å². The number of rotatable bonds is 3. The zero-order valence-electron chi connectivity index (χ0n) is 8.11. The standard InChI is InChI=1S/C10H19NOS/c12-7-9-1-3-11(5-9)6-10-2-4-13-8-10/h9-10,12H,1-8H2. The van der Waals surface area contributed by atoms with Crippen LogP contribution >= 0.6 is 11.8 Å². The summed E-state index contributed by atoms with van der Waals surface area (Å²) in [5.41, 5.74) is 0. The molecule has 76 valence electrons. The van der Waals surface area contributed by atoms with Crippen molar-refractivity contribution in [3.05, 3.63) is 0 Å². The molecule has 1 N–H and O–H groups in total. The van der Waals surface area contributed by atoms with E-state index in [1.54, 1.807) is 0 Å². The summed E-state index contributed by atoms with van der Waals surface area (Å²) in [6.07, 6.45) is 2.61. The Bertz CT molecular complexity index is 159. The van der Waals surface area contributed by atoms with Gasteiger partial charge in [0.2, 0.25) is 0 Å². The van der Waals surface area contributed by atoms with Gasteiger partial charge in [-0.25, -0.2) is 0 Å². The Morgan fingerprint density at radius 1 is 1.31 bits per heavy atom. The van der Waals surface area contributed by atoms with E-state index in [2.05, 4.69) is 16.7 Å². The van der Waals surface area contributed by atoms with E-state index >= 15 is 0 Å². The summed E-state index contributed by atoms with van der Waals surface area (Å²) in [6.45, 7) is 4.02. The maximum Gasteiger partial charge on any atom is 0.0471 e. The van der Waals surface area contributed by atoms with Gasteiger partial charge in [0.25, 0.3) is 0 Å². The van der Waals surface area contributed by atoms with Gasteiger partial charge in [0.05, 0.1) is 0 Å². The summed E-state index contributed by atoms with van der Waals surface area (Å²) in [7, 11) is 0. The van der Waals surface area contributed by atoms with Crippen LogP contribution in [0.2, 0.25) is 0 Å². The van der Waals surface area contributed by atoms with Gasteiger partial charge in [-0.05, 0) is 42.7 Å². The second-order valence-electron chi connectivity index (χ2n) is 4.33. The molecule has 2 aliphatic rings. The highest BCUT2D eigenvalue weighted by Gasteiger charge is 2.25. The molecule has 2 heterocycles. The van der Waals surface area contributed by atoms with Crippen molar-refractivity contribution in [3.8, 4) is 0 Å². The van der Waals surface area contributed by atoms with Crippen LogP contribution in [-0.4, -0.2) is 47.8 Å². The molecule has 2 rings (SSSR count). The minimum absolute atomic E-state index is 0.385. The van der Waals surface area contributed by atoms with Gasteiger partial charge in [-0.15, -0.1) is 0 Å². The first-order valence-electron chi connectivity index (χ1n) is 5.29. The molecule has 0 spiro atoms. The molecular weight excluding hydrogens is 182 g/mol. The maximum absolute atomic E-state index is 9.01. The average molecular weight is 201 g/mol. The third kappa shape index (κ3) is 2.61. The van der Waals surface area contributed by atoms with Crippen molar-refractivity contribution < 1.29 is 5.11 Å². The van der Waals surface area contributed by atoms with Crippen molar-refractivity contribution in [2.45, 2.75) is 12.8 Å². The first kappa shape index (κ1) is 9.81. The Balaban J connectivity index is 1.70. The van der Waals surface area contributed by atoms with E-state index in [4.69, 9.17) is 5.11 Å². The highest BCUT2D eigenvalue weighted by atomic mass is 32.2. The summed E-state index contributed by atoms with van der Waals surface area (Å²) < 4.78 is 0. The first-order chi connectivity index (χ1) is 6.38. The van der Waals surface area contributed by atoms with Crippen molar-refractivity contribution >= 4 is 11.8 Å². The van der Waals surface area contributed by atoms with E-state index in [-0.39, 0.29) is 0 Å². The molecule has 0 saturated carbocycles. The summed E-state index contributed by atoms with van der Waals surface area (Å²) in [5.74, 6) is 4.22. The molecule has 3 heteroatoms. The van der Waals surface area contributed by atoms with Crippen LogP contribution < -0.4 is 0 Å². The summed E-state index contributed by atoms with van der Waals surface area (Å²) in [6, 6.07) is 0. The van der Waals surface area contributed by atoms with Gasteiger partial charge >= 0.3 is 0 Å². The lowest BCUT2D eigenvalue weighted by Gasteiger charge is -2.19. The molecule has 2 atom stereocenters. The molecule has 13 heavy (non-hydrogen) atoms. The number of aliphatic hydroxyl groups excluding tert-OH is 1. The van der Waals surface area contributed by atoms with Gasteiger partial charge in [0.15, 0.2) is 0 Å². The molecule has 2 aliphatic heterocycles. The van der Waals surface area contributed by atoms with Gasteiger partial charge in [-0.1, -0.05) is 0 Å². The SMILES string of the molecule is OCC1CCN(CC2CCSC2)C1. The first-order valence-corrected chi connectivity index (χ1v) is 6.45. The van der Waals surface area contributed by atoms with E-state index in [1.165, 1.54) is 37.4 Å². The van der Waals surface area contributed by atoms with Crippen LogP contribution in [0.1, 0.15) is 12.8 Å². The van der Waals surface area contributed by atoms with Crippen LogP contribution in [0.4, 0.5) is 0 Å². The Labute approximate surface area is 84.7 Å². The maximum atomic E-state index is 9.01. The summed E-state index contributed by atoms with van der Waals surface area (Å²) in [4.78, 5) is 2.54. The molecule has 0 amide bonds. The molecule has 2 unspecified atom stereocenters. The summed E-state index contributed by atoms with van der Waals surface area (Å²) in [5, 5.41) is 9.01. The number of hydrogen-bond donors (Lipinski definition) is 1. The smallest absolute Gasteiger partial charge is 0.0471 e. The lowest BCUT2D eigenvalue weighted by molar-refractivity contribution is 0.215. The van der Waals surface area contributed by atoms with Crippen LogP contribution in [0.15, 0.2) is 0 Å². The highest BCUT2D eigenvalue weighted by Crippen LogP contribution is 2.26. The largest absolute Gasteiger partial charge is 0.396 e. The number of hydrogen-bond acceptors (Lipinski definition) is 3. The van der Waals surface area contributed by atoms with Crippen LogP contribution in [0, 0.1) is 11.8 Å². The fourth-order valence-electron chi connectivity index (χ4n) is 2.32. The molecule has 2 nitrogen and oxygen atoms in total. The molecule has 0 aromatic carbocycles. The Morgan fingerprint density at radius 2 is 2.23 bits per heavy atom. The fourth-order valence-corrected chi connectivity index (χ4v) is 3.59. The topological polar surface area (TPSA) is 23.5 Å².